The van der Waals surface area contributed by atoms with Crippen molar-refractivity contribution in [2.45, 2.75) is 20.4 Å². The number of rotatable bonds is 3. The Labute approximate surface area is 139 Å². The summed E-state index contributed by atoms with van der Waals surface area (Å²) in [5, 5.41) is 9.48. The topological polar surface area (TPSA) is 71.0 Å². The van der Waals surface area contributed by atoms with E-state index in [0.717, 1.165) is 5.56 Å². The van der Waals surface area contributed by atoms with Crippen LogP contribution in [0.2, 0.25) is 5.15 Å². The van der Waals surface area contributed by atoms with Crippen LogP contribution >= 0.6 is 11.6 Å². The largest absolute Gasteiger partial charge is 0.328 e. The third-order valence-electron chi connectivity index (χ3n) is 3.10. The Balaban J connectivity index is 2.40. The Bertz CT molecular complexity index is 853. The summed E-state index contributed by atoms with van der Waals surface area (Å²) < 4.78 is 1.81. The number of aromatic nitrogens is 2. The summed E-state index contributed by atoms with van der Waals surface area (Å²) in [5.74, 6) is -0.540. The Hall–Kier alpha value is -2.71. The molecule has 5 nitrogen and oxygen atoms in total. The maximum absolute atomic E-state index is 12.1. The number of pyridine rings is 2. The van der Waals surface area contributed by atoms with Gasteiger partial charge in [0.05, 0.1) is 6.54 Å². The van der Waals surface area contributed by atoms with Crippen molar-refractivity contribution in [1.82, 2.24) is 9.55 Å². The molecular formula is C17H15ClN4O. The Morgan fingerprint density at radius 2 is 2.13 bits per heavy atom. The molecule has 2 aromatic heterocycles. The molecule has 0 unspecified atom stereocenters. The fraction of sp³-hybridized carbons (Fsp3) is 0.176. The van der Waals surface area contributed by atoms with E-state index in [1.165, 1.54) is 0 Å². The number of carbonyl (C=O) groups is 1. The molecule has 1 amide bonds. The number of nitriles is 1. The molecule has 0 aliphatic carbocycles. The summed E-state index contributed by atoms with van der Waals surface area (Å²) in [5.41, 5.74) is 2.11. The Morgan fingerprint density at radius 3 is 2.74 bits per heavy atom. The molecule has 2 aromatic rings. The average molecular weight is 327 g/mol. The highest BCUT2D eigenvalue weighted by Crippen LogP contribution is 2.06. The summed E-state index contributed by atoms with van der Waals surface area (Å²) in [6, 6.07) is 10.8. The van der Waals surface area contributed by atoms with Gasteiger partial charge in [-0.3, -0.25) is 4.79 Å². The summed E-state index contributed by atoms with van der Waals surface area (Å²) in [6.45, 7) is 3.92. The van der Waals surface area contributed by atoms with Gasteiger partial charge in [0.25, 0.3) is 5.91 Å². The predicted octanol–water partition coefficient (Wildman–Crippen LogP) is 2.87. The van der Waals surface area contributed by atoms with Crippen LogP contribution in [0.25, 0.3) is 0 Å². The number of hydrogen-bond acceptors (Lipinski definition) is 3. The number of allylic oxidation sites excluding steroid dienone is 1. The molecule has 116 valence electrons. The lowest BCUT2D eigenvalue weighted by molar-refractivity contribution is -0.114. The van der Waals surface area contributed by atoms with E-state index in [1.807, 2.05) is 29.0 Å². The van der Waals surface area contributed by atoms with Gasteiger partial charge in [0.2, 0.25) is 0 Å². The molecule has 0 atom stereocenters. The second-order valence-electron chi connectivity index (χ2n) is 5.08. The fourth-order valence-corrected chi connectivity index (χ4v) is 2.04. The van der Waals surface area contributed by atoms with E-state index < -0.39 is 5.91 Å². The lowest BCUT2D eigenvalue weighted by Gasteiger charge is -2.07. The quantitative estimate of drug-likeness (QED) is 0.494. The third-order valence-corrected chi connectivity index (χ3v) is 3.32. The number of halogens is 1. The average Bonchev–Trinajstić information content (AvgIpc) is 2.51. The Kier molecular flexibility index (Phi) is 5.45. The van der Waals surface area contributed by atoms with Crippen molar-refractivity contribution >= 4 is 17.5 Å². The number of hydrogen-bond donors (Lipinski definition) is 0. The van der Waals surface area contributed by atoms with Gasteiger partial charge in [-0.15, -0.1) is 0 Å². The first-order valence-electron chi connectivity index (χ1n) is 6.94. The molecule has 0 saturated carbocycles. The number of amides is 1. The fourth-order valence-electron chi connectivity index (χ4n) is 1.93. The summed E-state index contributed by atoms with van der Waals surface area (Å²) >= 11 is 5.78. The zero-order valence-electron chi connectivity index (χ0n) is 12.8. The lowest BCUT2D eigenvalue weighted by Crippen LogP contribution is -2.22. The second-order valence-corrected chi connectivity index (χ2v) is 5.47. The van der Waals surface area contributed by atoms with E-state index in [0.29, 0.717) is 22.8 Å². The molecule has 6 heteroatoms. The van der Waals surface area contributed by atoms with Gasteiger partial charge >= 0.3 is 0 Å². The molecular weight excluding hydrogens is 312 g/mol. The minimum Gasteiger partial charge on any atom is -0.328 e. The second kappa shape index (κ2) is 7.52. The van der Waals surface area contributed by atoms with Crippen molar-refractivity contribution in [2.24, 2.45) is 4.99 Å². The van der Waals surface area contributed by atoms with Crippen molar-refractivity contribution < 1.29 is 4.79 Å². The number of carbonyl (C=O) groups excluding carboxylic acids is 1. The van der Waals surface area contributed by atoms with Gasteiger partial charge < -0.3 is 4.57 Å². The molecule has 0 radical (unpaired) electrons. The number of nitrogens with zero attached hydrogens (tertiary/aromatic N) is 4. The molecule has 0 fully saturated rings. The minimum atomic E-state index is -0.540. The van der Waals surface area contributed by atoms with Crippen molar-refractivity contribution in [3.05, 3.63) is 70.1 Å². The lowest BCUT2D eigenvalue weighted by atomic mass is 10.1. The zero-order chi connectivity index (χ0) is 16.8. The van der Waals surface area contributed by atoms with Crippen LogP contribution in [0.15, 0.2) is 58.9 Å². The first-order chi connectivity index (χ1) is 11.0. The van der Waals surface area contributed by atoms with E-state index in [1.54, 1.807) is 38.2 Å². The van der Waals surface area contributed by atoms with E-state index in [2.05, 4.69) is 9.98 Å². The van der Waals surface area contributed by atoms with Gasteiger partial charge in [-0.25, -0.2) is 4.98 Å². The zero-order valence-corrected chi connectivity index (χ0v) is 13.6. The molecule has 0 aliphatic rings. The van der Waals surface area contributed by atoms with E-state index in [9.17, 15) is 4.79 Å². The van der Waals surface area contributed by atoms with Crippen LogP contribution in [0.3, 0.4) is 0 Å². The smallest absolute Gasteiger partial charge is 0.289 e. The summed E-state index contributed by atoms with van der Waals surface area (Å²) in [4.78, 5) is 20.2. The van der Waals surface area contributed by atoms with Crippen LogP contribution in [0, 0.1) is 11.3 Å². The van der Waals surface area contributed by atoms with Crippen LogP contribution in [0.1, 0.15) is 19.4 Å². The predicted molar refractivity (Wildman–Crippen MR) is 87.3 cm³/mol. The van der Waals surface area contributed by atoms with Crippen LogP contribution in [0.4, 0.5) is 0 Å². The molecule has 0 spiro atoms. The third kappa shape index (κ3) is 4.38. The van der Waals surface area contributed by atoms with Gasteiger partial charge in [-0.2, -0.15) is 10.3 Å². The van der Waals surface area contributed by atoms with Crippen LogP contribution in [-0.4, -0.2) is 15.5 Å². The van der Waals surface area contributed by atoms with Crippen molar-refractivity contribution in [2.75, 3.05) is 0 Å². The minimum absolute atomic E-state index is 0.0635. The first-order valence-corrected chi connectivity index (χ1v) is 7.31. The highest BCUT2D eigenvalue weighted by atomic mass is 35.5. The molecule has 0 N–H and O–H groups in total. The molecule has 0 saturated heterocycles. The van der Waals surface area contributed by atoms with Gasteiger partial charge in [0.15, 0.2) is 0 Å². The maximum Gasteiger partial charge on any atom is 0.289 e. The van der Waals surface area contributed by atoms with Crippen molar-refractivity contribution in [3.63, 3.8) is 0 Å². The van der Waals surface area contributed by atoms with E-state index in [-0.39, 0.29) is 5.57 Å². The maximum atomic E-state index is 12.1. The first kappa shape index (κ1) is 16.7. The molecule has 0 bridgehead atoms. The molecule has 23 heavy (non-hydrogen) atoms. The normalized spacial score (nSPS) is 11.0. The monoisotopic (exact) mass is 326 g/mol. The standard InChI is InChI=1S/C17H15ClN4O/c1-12(2)14(9-19)17(23)21-16-5-3-4-8-22(16)11-13-6-7-15(18)20-10-13/h3-8,10H,11H2,1-2H3. The SMILES string of the molecule is CC(C)=C(C#N)C(=O)N=c1ccccn1Cc1ccc(Cl)nc1. The highest BCUT2D eigenvalue weighted by molar-refractivity contribution is 6.29. The van der Waals surface area contributed by atoms with Crippen molar-refractivity contribution in [3.8, 4) is 6.07 Å². The summed E-state index contributed by atoms with van der Waals surface area (Å²) in [6.07, 6.45) is 3.49. The van der Waals surface area contributed by atoms with Crippen LogP contribution in [0.5, 0.6) is 0 Å². The summed E-state index contributed by atoms with van der Waals surface area (Å²) in [7, 11) is 0. The highest BCUT2D eigenvalue weighted by Gasteiger charge is 2.09. The van der Waals surface area contributed by atoms with Gasteiger partial charge in [-0.05, 0) is 37.6 Å². The van der Waals surface area contributed by atoms with Crippen LogP contribution < -0.4 is 5.49 Å². The van der Waals surface area contributed by atoms with Gasteiger partial charge in [-0.1, -0.05) is 29.3 Å². The van der Waals surface area contributed by atoms with Crippen LogP contribution in [-0.2, 0) is 11.3 Å². The van der Waals surface area contributed by atoms with E-state index in [4.69, 9.17) is 16.9 Å². The molecule has 2 heterocycles. The van der Waals surface area contributed by atoms with E-state index >= 15 is 0 Å². The molecule has 0 aromatic carbocycles. The Morgan fingerprint density at radius 1 is 1.35 bits per heavy atom. The van der Waals surface area contributed by atoms with Gasteiger partial charge in [0.1, 0.15) is 22.3 Å². The van der Waals surface area contributed by atoms with Crippen molar-refractivity contribution in [1.29, 1.82) is 5.26 Å². The van der Waals surface area contributed by atoms with Gasteiger partial charge in [0, 0.05) is 12.4 Å². The molecule has 0 aliphatic heterocycles. The molecule has 2 rings (SSSR count).